The van der Waals surface area contributed by atoms with Gasteiger partial charge in [-0.2, -0.15) is 0 Å². The van der Waals surface area contributed by atoms with Crippen LogP contribution < -0.4 is 5.32 Å². The number of nitrogens with one attached hydrogen (secondary N) is 1. The maximum atomic E-state index is 11.9. The topological polar surface area (TPSA) is 49.4 Å². The average molecular weight is 313 g/mol. The van der Waals surface area contributed by atoms with Crippen molar-refractivity contribution >= 4 is 27.7 Å². The molecule has 5 heteroatoms. The summed E-state index contributed by atoms with van der Waals surface area (Å²) in [5.41, 5.74) is 1.53. The Labute approximate surface area is 115 Å². The van der Waals surface area contributed by atoms with Crippen LogP contribution in [0.2, 0.25) is 0 Å². The highest BCUT2D eigenvalue weighted by atomic mass is 79.9. The zero-order chi connectivity index (χ0) is 13.7. The van der Waals surface area contributed by atoms with E-state index in [9.17, 15) is 9.59 Å². The lowest BCUT2D eigenvalue weighted by Crippen LogP contribution is -2.38. The predicted molar refractivity (Wildman–Crippen MR) is 74.5 cm³/mol. The summed E-state index contributed by atoms with van der Waals surface area (Å²) in [6.45, 7) is 4.44. The smallest absolute Gasteiger partial charge is 0.252 e. The molecule has 0 unspecified atom stereocenters. The molecule has 0 aliphatic heterocycles. The summed E-state index contributed by atoms with van der Waals surface area (Å²) in [5, 5.41) is 2.62. The van der Waals surface area contributed by atoms with E-state index >= 15 is 0 Å². The van der Waals surface area contributed by atoms with Crippen molar-refractivity contribution in [3.63, 3.8) is 0 Å². The van der Waals surface area contributed by atoms with Crippen LogP contribution in [-0.4, -0.2) is 36.9 Å². The minimum absolute atomic E-state index is 0.0174. The van der Waals surface area contributed by atoms with Crippen LogP contribution in [0.1, 0.15) is 22.8 Å². The van der Waals surface area contributed by atoms with Gasteiger partial charge in [-0.25, -0.2) is 0 Å². The Morgan fingerprint density at radius 3 is 2.67 bits per heavy atom. The van der Waals surface area contributed by atoms with Crippen molar-refractivity contribution in [2.45, 2.75) is 13.8 Å². The van der Waals surface area contributed by atoms with Crippen LogP contribution >= 0.6 is 15.9 Å². The summed E-state index contributed by atoms with van der Waals surface area (Å²) < 4.78 is 0.763. The average Bonchev–Trinajstić information content (AvgIpc) is 2.37. The molecule has 18 heavy (non-hydrogen) atoms. The second kappa shape index (κ2) is 6.54. The van der Waals surface area contributed by atoms with Crippen molar-refractivity contribution in [3.8, 4) is 0 Å². The van der Waals surface area contributed by atoms with Crippen LogP contribution in [0.3, 0.4) is 0 Å². The highest BCUT2D eigenvalue weighted by molar-refractivity contribution is 9.10. The zero-order valence-electron chi connectivity index (χ0n) is 10.8. The Balaban J connectivity index is 2.67. The number of benzene rings is 1. The number of rotatable bonds is 4. The van der Waals surface area contributed by atoms with E-state index in [1.54, 1.807) is 18.0 Å². The highest BCUT2D eigenvalue weighted by Crippen LogP contribution is 2.20. The van der Waals surface area contributed by atoms with Crippen LogP contribution in [0, 0.1) is 6.92 Å². The summed E-state index contributed by atoms with van der Waals surface area (Å²) in [6.07, 6.45) is 0. The Hall–Kier alpha value is -1.36. The molecule has 0 aromatic heterocycles. The lowest BCUT2D eigenvalue weighted by molar-refractivity contribution is -0.128. The molecule has 0 bridgehead atoms. The van der Waals surface area contributed by atoms with E-state index in [1.807, 2.05) is 26.0 Å². The number of amides is 2. The summed E-state index contributed by atoms with van der Waals surface area (Å²) in [5.74, 6) is -0.349. The fourth-order valence-electron chi connectivity index (χ4n) is 1.39. The first kappa shape index (κ1) is 14.7. The molecule has 4 nitrogen and oxygen atoms in total. The molecule has 2 amide bonds. The summed E-state index contributed by atoms with van der Waals surface area (Å²) in [4.78, 5) is 25.0. The molecule has 0 fully saturated rings. The molecule has 0 radical (unpaired) electrons. The Morgan fingerprint density at radius 2 is 2.06 bits per heavy atom. The third-order valence-corrected chi connectivity index (χ3v) is 3.79. The van der Waals surface area contributed by atoms with E-state index in [2.05, 4.69) is 21.2 Å². The molecule has 1 N–H and O–H groups in total. The SMILES string of the molecule is CCN(C)C(=O)CNC(=O)c1cccc(C)c1Br. The van der Waals surface area contributed by atoms with Crippen molar-refractivity contribution in [1.82, 2.24) is 10.2 Å². The van der Waals surface area contributed by atoms with Crippen molar-refractivity contribution in [3.05, 3.63) is 33.8 Å². The Morgan fingerprint density at radius 1 is 1.39 bits per heavy atom. The van der Waals surface area contributed by atoms with Crippen LogP contribution in [-0.2, 0) is 4.79 Å². The molecular weight excluding hydrogens is 296 g/mol. The number of halogens is 1. The lowest BCUT2D eigenvalue weighted by Gasteiger charge is -2.15. The molecular formula is C13H17BrN2O2. The van der Waals surface area contributed by atoms with E-state index in [0.29, 0.717) is 12.1 Å². The van der Waals surface area contributed by atoms with Crippen LogP contribution in [0.5, 0.6) is 0 Å². The quantitative estimate of drug-likeness (QED) is 0.924. The molecule has 0 atom stereocenters. The fourth-order valence-corrected chi connectivity index (χ4v) is 1.83. The third-order valence-electron chi connectivity index (χ3n) is 2.74. The molecule has 1 rings (SSSR count). The molecule has 0 aliphatic rings. The number of likely N-dealkylation sites (N-methyl/N-ethyl adjacent to an activating group) is 1. The van der Waals surface area contributed by atoms with Crippen LogP contribution in [0.25, 0.3) is 0 Å². The fraction of sp³-hybridized carbons (Fsp3) is 0.385. The molecule has 0 saturated heterocycles. The van der Waals surface area contributed by atoms with E-state index in [-0.39, 0.29) is 18.4 Å². The number of hydrogen-bond donors (Lipinski definition) is 1. The van der Waals surface area contributed by atoms with Gasteiger partial charge in [0.25, 0.3) is 5.91 Å². The van der Waals surface area contributed by atoms with E-state index in [1.165, 1.54) is 0 Å². The van der Waals surface area contributed by atoms with Crippen molar-refractivity contribution in [2.75, 3.05) is 20.1 Å². The number of hydrogen-bond acceptors (Lipinski definition) is 2. The number of aryl methyl sites for hydroxylation is 1. The molecule has 0 heterocycles. The molecule has 1 aromatic carbocycles. The van der Waals surface area contributed by atoms with Gasteiger partial charge in [0.1, 0.15) is 0 Å². The lowest BCUT2D eigenvalue weighted by atomic mass is 10.1. The standard InChI is InChI=1S/C13H17BrN2O2/c1-4-16(3)11(17)8-15-13(18)10-7-5-6-9(2)12(10)14/h5-7H,4,8H2,1-3H3,(H,15,18). The van der Waals surface area contributed by atoms with Crippen LogP contribution in [0.4, 0.5) is 0 Å². The molecule has 0 saturated carbocycles. The van der Waals surface area contributed by atoms with Crippen LogP contribution in [0.15, 0.2) is 22.7 Å². The van der Waals surface area contributed by atoms with E-state index in [0.717, 1.165) is 10.0 Å². The first-order valence-corrected chi connectivity index (χ1v) is 6.54. The van der Waals surface area contributed by atoms with Gasteiger partial charge in [-0.3, -0.25) is 9.59 Å². The van der Waals surface area contributed by atoms with Crippen molar-refractivity contribution in [2.24, 2.45) is 0 Å². The Bertz CT molecular complexity index is 460. The van der Waals surface area contributed by atoms with Crippen molar-refractivity contribution in [1.29, 1.82) is 0 Å². The summed E-state index contributed by atoms with van der Waals surface area (Å²) >= 11 is 3.37. The van der Waals surface area contributed by atoms with Gasteiger partial charge in [0.05, 0.1) is 12.1 Å². The van der Waals surface area contributed by atoms with Gasteiger partial charge >= 0.3 is 0 Å². The first-order valence-electron chi connectivity index (χ1n) is 5.74. The summed E-state index contributed by atoms with van der Waals surface area (Å²) in [7, 11) is 1.71. The predicted octanol–water partition coefficient (Wildman–Crippen LogP) is 1.97. The largest absolute Gasteiger partial charge is 0.345 e. The monoisotopic (exact) mass is 312 g/mol. The maximum Gasteiger partial charge on any atom is 0.252 e. The number of carbonyl (C=O) groups excluding carboxylic acids is 2. The van der Waals surface area contributed by atoms with Gasteiger partial charge in [-0.05, 0) is 41.4 Å². The first-order chi connectivity index (χ1) is 8.47. The molecule has 1 aromatic rings. The minimum atomic E-state index is -0.247. The minimum Gasteiger partial charge on any atom is -0.345 e. The molecule has 0 aliphatic carbocycles. The highest BCUT2D eigenvalue weighted by Gasteiger charge is 2.13. The molecule has 98 valence electrons. The normalized spacial score (nSPS) is 10.0. The molecule has 0 spiro atoms. The van der Waals surface area contributed by atoms with Gasteiger partial charge < -0.3 is 10.2 Å². The maximum absolute atomic E-state index is 11.9. The zero-order valence-corrected chi connectivity index (χ0v) is 12.4. The van der Waals surface area contributed by atoms with Gasteiger partial charge in [0.15, 0.2) is 0 Å². The Kier molecular flexibility index (Phi) is 5.34. The van der Waals surface area contributed by atoms with Gasteiger partial charge in [0, 0.05) is 18.1 Å². The second-order valence-electron chi connectivity index (χ2n) is 4.03. The van der Waals surface area contributed by atoms with Crippen molar-refractivity contribution < 1.29 is 9.59 Å². The summed E-state index contributed by atoms with van der Waals surface area (Å²) in [6, 6.07) is 5.45. The van der Waals surface area contributed by atoms with E-state index in [4.69, 9.17) is 0 Å². The number of nitrogens with zero attached hydrogens (tertiary/aromatic N) is 1. The van der Waals surface area contributed by atoms with Gasteiger partial charge in [-0.15, -0.1) is 0 Å². The third kappa shape index (κ3) is 3.57. The second-order valence-corrected chi connectivity index (χ2v) is 4.82. The van der Waals surface area contributed by atoms with Gasteiger partial charge in [0.2, 0.25) is 5.91 Å². The van der Waals surface area contributed by atoms with E-state index < -0.39 is 0 Å². The van der Waals surface area contributed by atoms with Gasteiger partial charge in [-0.1, -0.05) is 12.1 Å². The number of carbonyl (C=O) groups is 2.